The standard InChI is InChI=1S/C10H20N2O3/c1-10(2,9(14)15)8(13)11-6-5-7-12(3)4/h5-7H2,1-4H3,(H,11,13)(H,14,15). The fourth-order valence-electron chi connectivity index (χ4n) is 0.915. The highest BCUT2D eigenvalue weighted by Crippen LogP contribution is 2.14. The lowest BCUT2D eigenvalue weighted by Gasteiger charge is -2.18. The van der Waals surface area contributed by atoms with Crippen LogP contribution in [0.3, 0.4) is 0 Å². The van der Waals surface area contributed by atoms with Crippen LogP contribution in [0.25, 0.3) is 0 Å². The van der Waals surface area contributed by atoms with Gasteiger partial charge >= 0.3 is 5.97 Å². The van der Waals surface area contributed by atoms with E-state index in [1.165, 1.54) is 13.8 Å². The molecule has 0 rings (SSSR count). The van der Waals surface area contributed by atoms with E-state index < -0.39 is 17.3 Å². The molecule has 0 fully saturated rings. The Bertz CT molecular complexity index is 237. The third kappa shape index (κ3) is 4.78. The number of rotatable bonds is 6. The lowest BCUT2D eigenvalue weighted by Crippen LogP contribution is -2.43. The molecule has 0 spiro atoms. The third-order valence-electron chi connectivity index (χ3n) is 2.17. The average molecular weight is 216 g/mol. The van der Waals surface area contributed by atoms with Crippen LogP contribution in [0.5, 0.6) is 0 Å². The van der Waals surface area contributed by atoms with Gasteiger partial charge in [0.2, 0.25) is 5.91 Å². The largest absolute Gasteiger partial charge is 0.480 e. The molecule has 0 aromatic carbocycles. The molecule has 5 heteroatoms. The molecule has 2 N–H and O–H groups in total. The van der Waals surface area contributed by atoms with E-state index in [0.29, 0.717) is 6.54 Å². The van der Waals surface area contributed by atoms with E-state index in [1.54, 1.807) is 0 Å². The lowest BCUT2D eigenvalue weighted by molar-refractivity contribution is -0.153. The fraction of sp³-hybridized carbons (Fsp3) is 0.800. The molecule has 5 nitrogen and oxygen atoms in total. The number of carbonyl (C=O) groups is 2. The van der Waals surface area contributed by atoms with Crippen molar-refractivity contribution in [2.75, 3.05) is 27.2 Å². The molecule has 0 aliphatic heterocycles. The predicted octanol–water partition coefficient (Wildman–Crippen LogP) is 0.165. The van der Waals surface area contributed by atoms with Gasteiger partial charge in [0.05, 0.1) is 0 Å². The van der Waals surface area contributed by atoms with Crippen molar-refractivity contribution in [2.45, 2.75) is 20.3 Å². The molecule has 0 radical (unpaired) electrons. The minimum atomic E-state index is -1.35. The van der Waals surface area contributed by atoms with Crippen LogP contribution in [-0.4, -0.2) is 49.1 Å². The van der Waals surface area contributed by atoms with E-state index in [1.807, 2.05) is 19.0 Å². The molecule has 0 unspecified atom stereocenters. The second-order valence-electron chi connectivity index (χ2n) is 4.34. The van der Waals surface area contributed by atoms with E-state index in [0.717, 1.165) is 13.0 Å². The first-order valence-corrected chi connectivity index (χ1v) is 4.95. The monoisotopic (exact) mass is 216 g/mol. The van der Waals surface area contributed by atoms with Crippen molar-refractivity contribution in [3.8, 4) is 0 Å². The van der Waals surface area contributed by atoms with E-state index in [4.69, 9.17) is 5.11 Å². The molecule has 0 aliphatic rings. The van der Waals surface area contributed by atoms with E-state index in [9.17, 15) is 9.59 Å². The number of nitrogens with one attached hydrogen (secondary N) is 1. The number of carboxylic acid groups (broad SMARTS) is 1. The van der Waals surface area contributed by atoms with Crippen LogP contribution < -0.4 is 5.32 Å². The zero-order valence-corrected chi connectivity index (χ0v) is 9.83. The average Bonchev–Trinajstić information content (AvgIpc) is 2.11. The summed E-state index contributed by atoms with van der Waals surface area (Å²) in [6.07, 6.45) is 0.814. The molecule has 0 heterocycles. The lowest BCUT2D eigenvalue weighted by atomic mass is 9.93. The van der Waals surface area contributed by atoms with Crippen LogP contribution in [-0.2, 0) is 9.59 Å². The number of aliphatic carboxylic acids is 1. The summed E-state index contributed by atoms with van der Waals surface area (Å²) in [5.41, 5.74) is -1.35. The van der Waals surface area contributed by atoms with Gasteiger partial charge in [-0.05, 0) is 40.9 Å². The molecule has 0 bridgehead atoms. The first-order chi connectivity index (χ1) is 6.78. The normalized spacial score (nSPS) is 11.5. The maximum absolute atomic E-state index is 11.4. The maximum atomic E-state index is 11.4. The minimum Gasteiger partial charge on any atom is -0.480 e. The zero-order chi connectivity index (χ0) is 12.1. The SMILES string of the molecule is CN(C)CCCNC(=O)C(C)(C)C(=O)O. The quantitative estimate of drug-likeness (QED) is 0.490. The highest BCUT2D eigenvalue weighted by molar-refractivity contribution is 6.00. The molecule has 0 aromatic heterocycles. The molecular formula is C10H20N2O3. The highest BCUT2D eigenvalue weighted by atomic mass is 16.4. The summed E-state index contributed by atoms with van der Waals surface area (Å²) in [7, 11) is 3.89. The topological polar surface area (TPSA) is 69.6 Å². The molecule has 88 valence electrons. The summed E-state index contributed by atoms with van der Waals surface area (Å²) in [4.78, 5) is 24.2. The summed E-state index contributed by atoms with van der Waals surface area (Å²) in [6, 6.07) is 0. The Morgan fingerprint density at radius 2 is 1.87 bits per heavy atom. The Kier molecular flexibility index (Phi) is 5.28. The highest BCUT2D eigenvalue weighted by Gasteiger charge is 2.35. The van der Waals surface area contributed by atoms with Gasteiger partial charge in [-0.15, -0.1) is 0 Å². The van der Waals surface area contributed by atoms with Crippen LogP contribution in [0.1, 0.15) is 20.3 Å². The zero-order valence-electron chi connectivity index (χ0n) is 9.83. The van der Waals surface area contributed by atoms with Gasteiger partial charge in [-0.2, -0.15) is 0 Å². The summed E-state index contributed by atoms with van der Waals surface area (Å²) in [5.74, 6) is -1.54. The predicted molar refractivity (Wildman–Crippen MR) is 57.6 cm³/mol. The summed E-state index contributed by atoms with van der Waals surface area (Å²) >= 11 is 0. The van der Waals surface area contributed by atoms with Gasteiger partial charge in [0.25, 0.3) is 0 Å². The Morgan fingerprint density at radius 3 is 2.27 bits per heavy atom. The van der Waals surface area contributed by atoms with Crippen LogP contribution >= 0.6 is 0 Å². The third-order valence-corrected chi connectivity index (χ3v) is 2.17. The molecule has 15 heavy (non-hydrogen) atoms. The van der Waals surface area contributed by atoms with E-state index in [2.05, 4.69) is 5.32 Å². The van der Waals surface area contributed by atoms with Gasteiger partial charge in [-0.1, -0.05) is 0 Å². The van der Waals surface area contributed by atoms with Crippen LogP contribution in [0.2, 0.25) is 0 Å². The van der Waals surface area contributed by atoms with Crippen LogP contribution in [0.15, 0.2) is 0 Å². The Morgan fingerprint density at radius 1 is 1.33 bits per heavy atom. The molecular weight excluding hydrogens is 196 g/mol. The van der Waals surface area contributed by atoms with Gasteiger partial charge in [-0.25, -0.2) is 0 Å². The van der Waals surface area contributed by atoms with Gasteiger partial charge in [0.1, 0.15) is 5.41 Å². The van der Waals surface area contributed by atoms with Crippen molar-refractivity contribution in [1.82, 2.24) is 10.2 Å². The summed E-state index contributed by atoms with van der Waals surface area (Å²) in [6.45, 7) is 4.18. The Balaban J connectivity index is 3.89. The van der Waals surface area contributed by atoms with Crippen molar-refractivity contribution in [3.63, 3.8) is 0 Å². The van der Waals surface area contributed by atoms with E-state index in [-0.39, 0.29) is 0 Å². The number of carbonyl (C=O) groups excluding carboxylic acids is 1. The molecule has 1 amide bonds. The van der Waals surface area contributed by atoms with Crippen molar-refractivity contribution in [2.24, 2.45) is 5.41 Å². The van der Waals surface area contributed by atoms with Gasteiger partial charge in [0, 0.05) is 6.54 Å². The molecule has 0 atom stereocenters. The van der Waals surface area contributed by atoms with Gasteiger partial charge in [-0.3, -0.25) is 9.59 Å². The maximum Gasteiger partial charge on any atom is 0.318 e. The smallest absolute Gasteiger partial charge is 0.318 e. The number of hydrogen-bond acceptors (Lipinski definition) is 3. The Labute approximate surface area is 90.5 Å². The summed E-state index contributed by atoms with van der Waals surface area (Å²) in [5, 5.41) is 11.4. The van der Waals surface area contributed by atoms with Crippen LogP contribution in [0.4, 0.5) is 0 Å². The van der Waals surface area contributed by atoms with E-state index >= 15 is 0 Å². The van der Waals surface area contributed by atoms with Gasteiger partial charge in [0.15, 0.2) is 0 Å². The first kappa shape index (κ1) is 13.9. The number of carboxylic acids is 1. The molecule has 0 saturated heterocycles. The van der Waals surface area contributed by atoms with Crippen molar-refractivity contribution in [1.29, 1.82) is 0 Å². The van der Waals surface area contributed by atoms with Crippen molar-refractivity contribution >= 4 is 11.9 Å². The van der Waals surface area contributed by atoms with Crippen molar-refractivity contribution < 1.29 is 14.7 Å². The van der Waals surface area contributed by atoms with Gasteiger partial charge < -0.3 is 15.3 Å². The number of nitrogens with zero attached hydrogens (tertiary/aromatic N) is 1. The second-order valence-corrected chi connectivity index (χ2v) is 4.34. The number of amides is 1. The van der Waals surface area contributed by atoms with Crippen LogP contribution in [0, 0.1) is 5.41 Å². The molecule has 0 saturated carbocycles. The second kappa shape index (κ2) is 5.70. The minimum absolute atomic E-state index is 0.436. The molecule has 0 aliphatic carbocycles. The first-order valence-electron chi connectivity index (χ1n) is 4.95. The number of hydrogen-bond donors (Lipinski definition) is 2. The van der Waals surface area contributed by atoms with Crippen molar-refractivity contribution in [3.05, 3.63) is 0 Å². The fourth-order valence-corrected chi connectivity index (χ4v) is 0.915. The molecule has 0 aromatic rings. The summed E-state index contributed by atoms with van der Waals surface area (Å²) < 4.78 is 0. The Hall–Kier alpha value is -1.10.